The van der Waals surface area contributed by atoms with Gasteiger partial charge in [-0.1, -0.05) is 27.7 Å². The number of rotatable bonds is 5. The molecular formula is C19H38N2. The van der Waals surface area contributed by atoms with Gasteiger partial charge in [-0.15, -0.1) is 0 Å². The van der Waals surface area contributed by atoms with E-state index >= 15 is 0 Å². The molecule has 0 aromatic carbocycles. The van der Waals surface area contributed by atoms with Gasteiger partial charge < -0.3 is 5.32 Å². The van der Waals surface area contributed by atoms with Crippen LogP contribution < -0.4 is 5.32 Å². The summed E-state index contributed by atoms with van der Waals surface area (Å²) in [7, 11) is 2.42. The van der Waals surface area contributed by atoms with Crippen molar-refractivity contribution < 1.29 is 0 Å². The zero-order chi connectivity index (χ0) is 15.4. The lowest BCUT2D eigenvalue weighted by molar-refractivity contribution is 0.0525. The second-order valence-electron chi connectivity index (χ2n) is 8.13. The second-order valence-corrected chi connectivity index (χ2v) is 8.13. The Morgan fingerprint density at radius 3 is 2.29 bits per heavy atom. The minimum atomic E-state index is 0.717. The van der Waals surface area contributed by atoms with Crippen LogP contribution in [0, 0.1) is 17.8 Å². The molecule has 3 unspecified atom stereocenters. The molecule has 1 N–H and O–H groups in total. The first-order chi connectivity index (χ1) is 10.0. The van der Waals surface area contributed by atoms with E-state index in [1.54, 1.807) is 0 Å². The SMILES string of the molecule is CCNC1CCC(C(C)C)CC1N(C)C1CCC(C)CC1. The predicted octanol–water partition coefficient (Wildman–Crippen LogP) is 4.30. The number of hydrogen-bond donors (Lipinski definition) is 1. The first kappa shape index (κ1) is 17.3. The number of nitrogens with one attached hydrogen (secondary N) is 1. The average molecular weight is 295 g/mol. The zero-order valence-corrected chi connectivity index (χ0v) is 15.1. The highest BCUT2D eigenvalue weighted by Gasteiger charge is 2.36. The van der Waals surface area contributed by atoms with Gasteiger partial charge in [-0.3, -0.25) is 4.90 Å². The lowest BCUT2D eigenvalue weighted by Gasteiger charge is -2.46. The molecule has 0 spiro atoms. The van der Waals surface area contributed by atoms with E-state index in [2.05, 4.69) is 45.0 Å². The summed E-state index contributed by atoms with van der Waals surface area (Å²) in [6.07, 6.45) is 9.88. The summed E-state index contributed by atoms with van der Waals surface area (Å²) >= 11 is 0. The largest absolute Gasteiger partial charge is 0.313 e. The molecule has 2 saturated carbocycles. The van der Waals surface area contributed by atoms with Gasteiger partial charge in [-0.25, -0.2) is 0 Å². The van der Waals surface area contributed by atoms with Crippen LogP contribution in [0.4, 0.5) is 0 Å². The van der Waals surface area contributed by atoms with Crippen LogP contribution in [0.2, 0.25) is 0 Å². The van der Waals surface area contributed by atoms with Crippen LogP contribution >= 0.6 is 0 Å². The minimum absolute atomic E-state index is 0.717. The fourth-order valence-corrected chi connectivity index (χ4v) is 4.65. The van der Waals surface area contributed by atoms with Crippen molar-refractivity contribution in [3.63, 3.8) is 0 Å². The topological polar surface area (TPSA) is 15.3 Å². The Kier molecular flexibility index (Phi) is 6.55. The van der Waals surface area contributed by atoms with E-state index < -0.39 is 0 Å². The zero-order valence-electron chi connectivity index (χ0n) is 15.1. The smallest absolute Gasteiger partial charge is 0.0251 e. The molecule has 0 heterocycles. The third-order valence-electron chi connectivity index (χ3n) is 6.35. The van der Waals surface area contributed by atoms with Crippen LogP contribution in [0.15, 0.2) is 0 Å². The van der Waals surface area contributed by atoms with Crippen molar-refractivity contribution >= 4 is 0 Å². The molecule has 2 aliphatic rings. The average Bonchev–Trinajstić information content (AvgIpc) is 2.48. The maximum absolute atomic E-state index is 3.78. The highest BCUT2D eigenvalue weighted by Crippen LogP contribution is 2.35. The standard InChI is InChI=1S/C19H38N2/c1-6-20-18-12-9-16(14(2)3)13-19(18)21(5)17-10-7-15(4)8-11-17/h14-20H,6-13H2,1-5H3. The summed E-state index contributed by atoms with van der Waals surface area (Å²) in [5.74, 6) is 2.72. The van der Waals surface area contributed by atoms with Crippen molar-refractivity contribution in [3.8, 4) is 0 Å². The molecule has 2 rings (SSSR count). The Bertz CT molecular complexity index is 294. The van der Waals surface area contributed by atoms with Crippen molar-refractivity contribution in [1.29, 1.82) is 0 Å². The molecule has 0 amide bonds. The van der Waals surface area contributed by atoms with Crippen molar-refractivity contribution in [2.45, 2.75) is 90.8 Å². The quantitative estimate of drug-likeness (QED) is 0.813. The second kappa shape index (κ2) is 7.97. The molecule has 0 aliphatic heterocycles. The van der Waals surface area contributed by atoms with Gasteiger partial charge in [-0.2, -0.15) is 0 Å². The molecule has 2 nitrogen and oxygen atoms in total. The molecule has 21 heavy (non-hydrogen) atoms. The van der Waals surface area contributed by atoms with Gasteiger partial charge in [0.05, 0.1) is 0 Å². The first-order valence-corrected chi connectivity index (χ1v) is 9.48. The Morgan fingerprint density at radius 2 is 1.71 bits per heavy atom. The van der Waals surface area contributed by atoms with Gasteiger partial charge >= 0.3 is 0 Å². The molecule has 0 aromatic rings. The van der Waals surface area contributed by atoms with E-state index in [0.717, 1.165) is 36.4 Å². The van der Waals surface area contributed by atoms with Crippen LogP contribution in [0.5, 0.6) is 0 Å². The van der Waals surface area contributed by atoms with Crippen LogP contribution in [0.25, 0.3) is 0 Å². The van der Waals surface area contributed by atoms with E-state index in [4.69, 9.17) is 0 Å². The molecule has 0 aromatic heterocycles. The predicted molar refractivity (Wildman–Crippen MR) is 92.6 cm³/mol. The Balaban J connectivity index is 2.00. The van der Waals surface area contributed by atoms with Crippen molar-refractivity contribution in [2.75, 3.05) is 13.6 Å². The Morgan fingerprint density at radius 1 is 1.05 bits per heavy atom. The lowest BCUT2D eigenvalue weighted by Crippen LogP contribution is -2.55. The number of nitrogens with zero attached hydrogens (tertiary/aromatic N) is 1. The van der Waals surface area contributed by atoms with Gasteiger partial charge in [0, 0.05) is 18.1 Å². The summed E-state index contributed by atoms with van der Waals surface area (Å²) in [4.78, 5) is 2.77. The molecular weight excluding hydrogens is 256 g/mol. The van der Waals surface area contributed by atoms with Gasteiger partial charge in [0.25, 0.3) is 0 Å². The fourth-order valence-electron chi connectivity index (χ4n) is 4.65. The molecule has 124 valence electrons. The molecule has 0 bridgehead atoms. The third-order valence-corrected chi connectivity index (χ3v) is 6.35. The highest BCUT2D eigenvalue weighted by molar-refractivity contribution is 4.93. The van der Waals surface area contributed by atoms with E-state index in [9.17, 15) is 0 Å². The summed E-state index contributed by atoms with van der Waals surface area (Å²) in [5.41, 5.74) is 0. The fraction of sp³-hybridized carbons (Fsp3) is 1.00. The van der Waals surface area contributed by atoms with Crippen molar-refractivity contribution in [1.82, 2.24) is 10.2 Å². The number of likely N-dealkylation sites (N-methyl/N-ethyl adjacent to an activating group) is 2. The van der Waals surface area contributed by atoms with E-state index in [1.807, 2.05) is 0 Å². The maximum Gasteiger partial charge on any atom is 0.0251 e. The highest BCUT2D eigenvalue weighted by atomic mass is 15.2. The Labute approximate surface area is 133 Å². The lowest BCUT2D eigenvalue weighted by atomic mass is 9.75. The van der Waals surface area contributed by atoms with E-state index in [1.165, 1.54) is 44.9 Å². The minimum Gasteiger partial charge on any atom is -0.313 e. The summed E-state index contributed by atoms with van der Waals surface area (Å²) in [6, 6.07) is 2.30. The van der Waals surface area contributed by atoms with Crippen molar-refractivity contribution in [2.24, 2.45) is 17.8 Å². The van der Waals surface area contributed by atoms with Gasteiger partial charge in [-0.05, 0) is 76.3 Å². The van der Waals surface area contributed by atoms with Gasteiger partial charge in [0.2, 0.25) is 0 Å². The summed E-state index contributed by atoms with van der Waals surface area (Å²) < 4.78 is 0. The Hall–Kier alpha value is -0.0800. The molecule has 2 aliphatic carbocycles. The van der Waals surface area contributed by atoms with Crippen LogP contribution in [-0.4, -0.2) is 36.6 Å². The summed E-state index contributed by atoms with van der Waals surface area (Å²) in [6.45, 7) is 10.6. The van der Waals surface area contributed by atoms with E-state index in [0.29, 0.717) is 6.04 Å². The van der Waals surface area contributed by atoms with Crippen molar-refractivity contribution in [3.05, 3.63) is 0 Å². The van der Waals surface area contributed by atoms with Crippen LogP contribution in [-0.2, 0) is 0 Å². The molecule has 0 radical (unpaired) electrons. The first-order valence-electron chi connectivity index (χ1n) is 9.48. The molecule has 3 atom stereocenters. The third kappa shape index (κ3) is 4.45. The van der Waals surface area contributed by atoms with E-state index in [-0.39, 0.29) is 0 Å². The van der Waals surface area contributed by atoms with Gasteiger partial charge in [0.15, 0.2) is 0 Å². The normalized spacial score (nSPS) is 38.1. The monoisotopic (exact) mass is 294 g/mol. The summed E-state index contributed by atoms with van der Waals surface area (Å²) in [5, 5.41) is 3.78. The van der Waals surface area contributed by atoms with Crippen LogP contribution in [0.1, 0.15) is 72.6 Å². The number of hydrogen-bond acceptors (Lipinski definition) is 2. The molecule has 2 fully saturated rings. The molecule has 2 heteroatoms. The molecule has 0 saturated heterocycles. The maximum atomic E-state index is 3.78. The van der Waals surface area contributed by atoms with Crippen LogP contribution in [0.3, 0.4) is 0 Å². The van der Waals surface area contributed by atoms with Gasteiger partial charge in [0.1, 0.15) is 0 Å².